The summed E-state index contributed by atoms with van der Waals surface area (Å²) in [5.74, 6) is 0. The highest BCUT2D eigenvalue weighted by atomic mass is 14.6. The van der Waals surface area contributed by atoms with Gasteiger partial charge >= 0.3 is 0 Å². The number of nitrogens with zero attached hydrogens (tertiary/aromatic N) is 4. The van der Waals surface area contributed by atoms with E-state index in [4.69, 9.17) is 0 Å². The molecule has 0 unspecified atom stereocenters. The molecule has 0 saturated carbocycles. The summed E-state index contributed by atoms with van der Waals surface area (Å²) in [6, 6.07) is 16.9. The average molecular weight is 547 g/mol. The van der Waals surface area contributed by atoms with Crippen molar-refractivity contribution in [1.29, 1.82) is 0 Å². The first-order valence-electron chi connectivity index (χ1n) is 14.3. The van der Waals surface area contributed by atoms with Crippen LogP contribution in [0.2, 0.25) is 0 Å². The number of aromatic nitrogens is 4. The predicted molar refractivity (Wildman–Crippen MR) is 173 cm³/mol. The van der Waals surface area contributed by atoms with E-state index in [-0.39, 0.29) is 0 Å². The molecular formula is C38H34N4. The first-order valence-corrected chi connectivity index (χ1v) is 14.3. The summed E-state index contributed by atoms with van der Waals surface area (Å²) in [4.78, 5) is 17.3. The SMILES string of the molecule is Cc1c(-c2ccncc2)c(C)c(-c2c(C)c(-c3ccncc3)c(C)c(-c3ccncc3)c2C)c(C)c1-c1ccncc1. The molecule has 0 amide bonds. The molecule has 6 aromatic rings. The van der Waals surface area contributed by atoms with Crippen LogP contribution < -0.4 is 0 Å². The maximum absolute atomic E-state index is 4.32. The molecule has 0 N–H and O–H groups in total. The van der Waals surface area contributed by atoms with Crippen molar-refractivity contribution in [2.75, 3.05) is 0 Å². The molecule has 4 heterocycles. The summed E-state index contributed by atoms with van der Waals surface area (Å²) in [5.41, 5.74) is 19.8. The lowest BCUT2D eigenvalue weighted by Crippen LogP contribution is -2.06. The highest BCUT2D eigenvalue weighted by Crippen LogP contribution is 2.49. The Balaban J connectivity index is 1.80. The fraction of sp³-hybridized carbons (Fsp3) is 0.158. The first-order chi connectivity index (χ1) is 20.4. The topological polar surface area (TPSA) is 51.6 Å². The molecular weight excluding hydrogens is 512 g/mol. The predicted octanol–water partition coefficient (Wildman–Crippen LogP) is 9.45. The van der Waals surface area contributed by atoms with Crippen LogP contribution in [-0.2, 0) is 0 Å². The summed E-state index contributed by atoms with van der Waals surface area (Å²) in [7, 11) is 0. The van der Waals surface area contributed by atoms with Crippen molar-refractivity contribution < 1.29 is 0 Å². The fourth-order valence-corrected chi connectivity index (χ4v) is 6.99. The lowest BCUT2D eigenvalue weighted by molar-refractivity contribution is 1.25. The minimum Gasteiger partial charge on any atom is -0.265 e. The third-order valence-electron chi connectivity index (χ3n) is 8.63. The zero-order valence-electron chi connectivity index (χ0n) is 25.0. The summed E-state index contributed by atoms with van der Waals surface area (Å²) < 4.78 is 0. The average Bonchev–Trinajstić information content (AvgIpc) is 3.01. The Bertz CT molecular complexity index is 1620. The van der Waals surface area contributed by atoms with Gasteiger partial charge < -0.3 is 0 Å². The summed E-state index contributed by atoms with van der Waals surface area (Å²) in [5, 5.41) is 0. The molecule has 6 rings (SSSR count). The van der Waals surface area contributed by atoms with Crippen LogP contribution in [0.4, 0.5) is 0 Å². The monoisotopic (exact) mass is 546 g/mol. The number of rotatable bonds is 5. The molecule has 0 atom stereocenters. The Labute approximate surface area is 248 Å². The van der Waals surface area contributed by atoms with Gasteiger partial charge in [0.2, 0.25) is 0 Å². The van der Waals surface area contributed by atoms with E-state index >= 15 is 0 Å². The van der Waals surface area contributed by atoms with E-state index in [0.717, 1.165) is 0 Å². The van der Waals surface area contributed by atoms with Crippen molar-refractivity contribution in [2.45, 2.75) is 41.5 Å². The maximum atomic E-state index is 4.32. The van der Waals surface area contributed by atoms with E-state index in [2.05, 4.69) is 110 Å². The van der Waals surface area contributed by atoms with Crippen LogP contribution in [0.25, 0.3) is 55.6 Å². The number of hydrogen-bond acceptors (Lipinski definition) is 4. The van der Waals surface area contributed by atoms with Gasteiger partial charge in [-0.05, 0) is 179 Å². The van der Waals surface area contributed by atoms with Crippen LogP contribution in [-0.4, -0.2) is 19.9 Å². The van der Waals surface area contributed by atoms with Crippen LogP contribution in [0.5, 0.6) is 0 Å². The number of benzene rings is 2. The second kappa shape index (κ2) is 11.1. The van der Waals surface area contributed by atoms with Crippen LogP contribution in [0, 0.1) is 41.5 Å². The van der Waals surface area contributed by atoms with Crippen molar-refractivity contribution in [3.05, 3.63) is 131 Å². The van der Waals surface area contributed by atoms with Gasteiger partial charge in [0.15, 0.2) is 0 Å². The third kappa shape index (κ3) is 4.50. The smallest absolute Gasteiger partial charge is 0.0273 e. The standard InChI is InChI=1S/C38H34N4/c1-23-33(29-7-15-39-16-8-29)25(3)37(26(4)34(23)30-9-17-40-18-10-30)38-27(5)35(31-11-19-41-20-12-31)24(2)36(28(38)6)32-13-21-42-22-14-32/h7-22H,1-6H3. The lowest BCUT2D eigenvalue weighted by Gasteiger charge is -2.28. The summed E-state index contributed by atoms with van der Waals surface area (Å²) in [6.45, 7) is 13.6. The molecule has 0 aliphatic rings. The van der Waals surface area contributed by atoms with Gasteiger partial charge in [0.1, 0.15) is 0 Å². The summed E-state index contributed by atoms with van der Waals surface area (Å²) in [6.07, 6.45) is 15.0. The molecule has 4 nitrogen and oxygen atoms in total. The summed E-state index contributed by atoms with van der Waals surface area (Å²) >= 11 is 0. The van der Waals surface area contributed by atoms with Crippen molar-refractivity contribution in [3.63, 3.8) is 0 Å². The van der Waals surface area contributed by atoms with E-state index in [1.54, 1.807) is 0 Å². The van der Waals surface area contributed by atoms with Gasteiger partial charge in [0.05, 0.1) is 0 Å². The Kier molecular flexibility index (Phi) is 7.22. The van der Waals surface area contributed by atoms with Gasteiger partial charge in [-0.2, -0.15) is 0 Å². The van der Waals surface area contributed by atoms with Gasteiger partial charge in [-0.3, -0.25) is 19.9 Å². The van der Waals surface area contributed by atoms with E-state index < -0.39 is 0 Å². The van der Waals surface area contributed by atoms with E-state index in [1.807, 2.05) is 49.6 Å². The quantitative estimate of drug-likeness (QED) is 0.216. The van der Waals surface area contributed by atoms with Gasteiger partial charge in [0.25, 0.3) is 0 Å². The van der Waals surface area contributed by atoms with Crippen molar-refractivity contribution in [1.82, 2.24) is 19.9 Å². The lowest BCUT2D eigenvalue weighted by atomic mass is 9.75. The Morgan fingerprint density at radius 1 is 0.262 bits per heavy atom. The van der Waals surface area contributed by atoms with Crippen molar-refractivity contribution in [2.24, 2.45) is 0 Å². The molecule has 0 spiro atoms. The normalized spacial score (nSPS) is 11.1. The highest BCUT2D eigenvalue weighted by Gasteiger charge is 2.26. The molecule has 0 saturated heterocycles. The zero-order chi connectivity index (χ0) is 29.4. The fourth-order valence-electron chi connectivity index (χ4n) is 6.99. The van der Waals surface area contributed by atoms with E-state index in [0.29, 0.717) is 0 Å². The highest BCUT2D eigenvalue weighted by molar-refractivity contribution is 5.97. The van der Waals surface area contributed by atoms with Crippen LogP contribution in [0.15, 0.2) is 98.1 Å². The second-order valence-electron chi connectivity index (χ2n) is 10.9. The Hall–Kier alpha value is -4.96. The third-order valence-corrected chi connectivity index (χ3v) is 8.63. The Morgan fingerprint density at radius 2 is 0.429 bits per heavy atom. The van der Waals surface area contributed by atoms with Crippen LogP contribution >= 0.6 is 0 Å². The molecule has 42 heavy (non-hydrogen) atoms. The molecule has 0 bridgehead atoms. The van der Waals surface area contributed by atoms with Gasteiger partial charge in [-0.15, -0.1) is 0 Å². The van der Waals surface area contributed by atoms with Crippen LogP contribution in [0.3, 0.4) is 0 Å². The Morgan fingerprint density at radius 3 is 0.619 bits per heavy atom. The minimum absolute atomic E-state index is 1.17. The zero-order valence-corrected chi connectivity index (χ0v) is 25.0. The molecule has 0 radical (unpaired) electrons. The van der Waals surface area contributed by atoms with Crippen molar-refractivity contribution >= 4 is 0 Å². The maximum Gasteiger partial charge on any atom is 0.0273 e. The largest absolute Gasteiger partial charge is 0.265 e. The molecule has 4 aromatic heterocycles. The number of pyridine rings is 4. The second-order valence-corrected chi connectivity index (χ2v) is 10.9. The molecule has 0 aliphatic heterocycles. The van der Waals surface area contributed by atoms with Gasteiger partial charge in [-0.1, -0.05) is 0 Å². The molecule has 4 heteroatoms. The number of hydrogen-bond donors (Lipinski definition) is 0. The molecule has 2 aromatic carbocycles. The molecule has 206 valence electrons. The van der Waals surface area contributed by atoms with Gasteiger partial charge in [-0.25, -0.2) is 0 Å². The molecule has 0 fully saturated rings. The van der Waals surface area contributed by atoms with Gasteiger partial charge in [0, 0.05) is 49.6 Å². The van der Waals surface area contributed by atoms with E-state index in [1.165, 1.54) is 89.0 Å². The molecule has 0 aliphatic carbocycles. The van der Waals surface area contributed by atoms with Crippen molar-refractivity contribution in [3.8, 4) is 55.6 Å². The minimum atomic E-state index is 1.17. The van der Waals surface area contributed by atoms with E-state index in [9.17, 15) is 0 Å². The first kappa shape index (κ1) is 27.2. The van der Waals surface area contributed by atoms with Crippen LogP contribution in [0.1, 0.15) is 33.4 Å².